The molecule has 5 rings (SSSR count). The van der Waals surface area contributed by atoms with Crippen molar-refractivity contribution in [3.63, 3.8) is 0 Å². The zero-order valence-electron chi connectivity index (χ0n) is 19.8. The summed E-state index contributed by atoms with van der Waals surface area (Å²) in [5.74, 6) is 0.179. The van der Waals surface area contributed by atoms with Gasteiger partial charge in [0.15, 0.2) is 0 Å². The molecule has 3 aromatic heterocycles. The number of aromatic nitrogens is 4. The predicted molar refractivity (Wildman–Crippen MR) is 140 cm³/mol. The summed E-state index contributed by atoms with van der Waals surface area (Å²) in [6.45, 7) is 3.45. The van der Waals surface area contributed by atoms with Crippen LogP contribution in [0.4, 0.5) is 5.69 Å². The molecule has 1 aromatic carbocycles. The normalized spacial score (nSPS) is 14.4. The Balaban J connectivity index is 1.20. The second-order valence-corrected chi connectivity index (χ2v) is 9.80. The fourth-order valence-electron chi connectivity index (χ4n) is 4.72. The second kappa shape index (κ2) is 10.3. The van der Waals surface area contributed by atoms with Crippen molar-refractivity contribution in [1.82, 2.24) is 24.1 Å². The minimum Gasteiger partial charge on any atom is -0.337 e. The van der Waals surface area contributed by atoms with Crippen LogP contribution in [-0.2, 0) is 17.8 Å². The number of pyridine rings is 1. The zero-order chi connectivity index (χ0) is 25.2. The summed E-state index contributed by atoms with van der Waals surface area (Å²) in [6, 6.07) is 11.5. The molecule has 1 aliphatic rings. The topological polar surface area (TPSA) is 84.5 Å². The molecule has 1 fully saturated rings. The van der Waals surface area contributed by atoms with Crippen molar-refractivity contribution >= 4 is 46.4 Å². The molecule has 0 unspecified atom stereocenters. The van der Waals surface area contributed by atoms with Crippen LogP contribution in [0.15, 0.2) is 55.0 Å². The van der Waals surface area contributed by atoms with E-state index in [1.54, 1.807) is 18.5 Å². The van der Waals surface area contributed by atoms with E-state index in [1.807, 2.05) is 46.6 Å². The van der Waals surface area contributed by atoms with Crippen LogP contribution in [0.2, 0.25) is 10.0 Å². The van der Waals surface area contributed by atoms with E-state index in [0.29, 0.717) is 41.2 Å². The molecule has 0 spiro atoms. The number of piperidine rings is 1. The lowest BCUT2D eigenvalue weighted by Crippen LogP contribution is -2.38. The number of nitrogens with zero attached hydrogens (tertiary/aromatic N) is 5. The Morgan fingerprint density at radius 3 is 2.44 bits per heavy atom. The summed E-state index contributed by atoms with van der Waals surface area (Å²) < 4.78 is 3.30. The lowest BCUT2D eigenvalue weighted by Gasteiger charge is -2.32. The van der Waals surface area contributed by atoms with Crippen molar-refractivity contribution in [3.8, 4) is 0 Å². The molecule has 36 heavy (non-hydrogen) atoms. The number of rotatable bonds is 6. The maximum atomic E-state index is 13.5. The minimum absolute atomic E-state index is 0.00315. The number of aryl methyl sites for hydroxylation is 1. The fraction of sp³-hybridized carbons (Fsp3) is 0.308. The SMILES string of the molecule is CCc1nc2ccc(Cl)cn2c1C(=O)N1CCC(c2ccc(NC(=O)Cn3cc(Cl)cn3)cc2)CC1. The summed E-state index contributed by atoms with van der Waals surface area (Å²) in [4.78, 5) is 32.2. The third-order valence-electron chi connectivity index (χ3n) is 6.55. The quantitative estimate of drug-likeness (QED) is 0.382. The van der Waals surface area contributed by atoms with Gasteiger partial charge < -0.3 is 10.2 Å². The molecule has 0 aliphatic carbocycles. The van der Waals surface area contributed by atoms with Gasteiger partial charge in [0.2, 0.25) is 5.91 Å². The highest BCUT2D eigenvalue weighted by Crippen LogP contribution is 2.30. The fourth-order valence-corrected chi connectivity index (χ4v) is 5.03. The standard InChI is InChI=1S/C26H26Cl2N6O2/c1-2-22-25(34-15-19(27)5-8-23(34)31-22)26(36)32-11-9-18(10-12-32)17-3-6-21(7-4-17)30-24(35)16-33-14-20(28)13-29-33/h3-8,13-15,18H,2,9-12,16H2,1H3,(H,30,35). The number of halogens is 2. The first-order valence-corrected chi connectivity index (χ1v) is 12.7. The van der Waals surface area contributed by atoms with Gasteiger partial charge in [0, 0.05) is 31.2 Å². The van der Waals surface area contributed by atoms with Crippen LogP contribution in [0.1, 0.15) is 47.4 Å². The van der Waals surface area contributed by atoms with Gasteiger partial charge in [-0.1, -0.05) is 42.3 Å². The van der Waals surface area contributed by atoms with E-state index in [-0.39, 0.29) is 18.4 Å². The van der Waals surface area contributed by atoms with Crippen LogP contribution in [0.5, 0.6) is 0 Å². The maximum Gasteiger partial charge on any atom is 0.272 e. The number of carbonyl (C=O) groups is 2. The lowest BCUT2D eigenvalue weighted by molar-refractivity contribution is -0.116. The monoisotopic (exact) mass is 524 g/mol. The van der Waals surface area contributed by atoms with Crippen molar-refractivity contribution in [2.24, 2.45) is 0 Å². The molecule has 10 heteroatoms. The van der Waals surface area contributed by atoms with E-state index in [2.05, 4.69) is 15.4 Å². The number of nitrogens with one attached hydrogen (secondary N) is 1. The van der Waals surface area contributed by atoms with Gasteiger partial charge in [-0.2, -0.15) is 5.10 Å². The highest BCUT2D eigenvalue weighted by molar-refractivity contribution is 6.30. The number of benzene rings is 1. The first-order valence-electron chi connectivity index (χ1n) is 11.9. The van der Waals surface area contributed by atoms with Crippen LogP contribution in [0.25, 0.3) is 5.65 Å². The molecule has 186 valence electrons. The summed E-state index contributed by atoms with van der Waals surface area (Å²) in [7, 11) is 0. The van der Waals surface area contributed by atoms with Gasteiger partial charge in [-0.15, -0.1) is 0 Å². The van der Waals surface area contributed by atoms with E-state index in [1.165, 1.54) is 16.4 Å². The van der Waals surface area contributed by atoms with E-state index in [4.69, 9.17) is 23.2 Å². The number of carbonyl (C=O) groups excluding carboxylic acids is 2. The first-order chi connectivity index (χ1) is 17.4. The van der Waals surface area contributed by atoms with Gasteiger partial charge in [0.05, 0.1) is 21.9 Å². The molecule has 0 saturated carbocycles. The number of likely N-dealkylation sites (tertiary alicyclic amines) is 1. The van der Waals surface area contributed by atoms with Gasteiger partial charge in [-0.05, 0) is 55.0 Å². The van der Waals surface area contributed by atoms with Crippen molar-refractivity contribution in [2.75, 3.05) is 18.4 Å². The van der Waals surface area contributed by atoms with E-state index in [0.717, 1.165) is 29.9 Å². The molecule has 0 radical (unpaired) electrons. The Hall–Kier alpha value is -3.36. The molecule has 1 aliphatic heterocycles. The molecular weight excluding hydrogens is 499 g/mol. The molecule has 1 saturated heterocycles. The molecule has 8 nitrogen and oxygen atoms in total. The van der Waals surface area contributed by atoms with Gasteiger partial charge in [0.25, 0.3) is 5.91 Å². The van der Waals surface area contributed by atoms with Gasteiger partial charge in [0.1, 0.15) is 17.9 Å². The molecule has 1 N–H and O–H groups in total. The van der Waals surface area contributed by atoms with Crippen LogP contribution in [0.3, 0.4) is 0 Å². The Morgan fingerprint density at radius 2 is 1.78 bits per heavy atom. The third kappa shape index (κ3) is 5.10. The Kier molecular flexibility index (Phi) is 6.98. The van der Waals surface area contributed by atoms with Gasteiger partial charge in [-0.25, -0.2) is 4.98 Å². The summed E-state index contributed by atoms with van der Waals surface area (Å²) >= 11 is 12.0. The summed E-state index contributed by atoms with van der Waals surface area (Å²) in [5.41, 5.74) is 4.06. The van der Waals surface area contributed by atoms with Crippen molar-refractivity contribution in [2.45, 2.75) is 38.6 Å². The zero-order valence-corrected chi connectivity index (χ0v) is 21.3. The van der Waals surface area contributed by atoms with Crippen LogP contribution >= 0.6 is 23.2 Å². The van der Waals surface area contributed by atoms with Crippen LogP contribution < -0.4 is 5.32 Å². The van der Waals surface area contributed by atoms with Crippen molar-refractivity contribution in [3.05, 3.63) is 82.0 Å². The minimum atomic E-state index is -0.172. The highest BCUT2D eigenvalue weighted by Gasteiger charge is 2.28. The van der Waals surface area contributed by atoms with Gasteiger partial charge in [-0.3, -0.25) is 18.7 Å². The molecule has 0 atom stereocenters. The Morgan fingerprint density at radius 1 is 1.03 bits per heavy atom. The van der Waals surface area contributed by atoms with Crippen molar-refractivity contribution < 1.29 is 9.59 Å². The van der Waals surface area contributed by atoms with Gasteiger partial charge >= 0.3 is 0 Å². The maximum absolute atomic E-state index is 13.5. The second-order valence-electron chi connectivity index (χ2n) is 8.93. The van der Waals surface area contributed by atoms with Crippen LogP contribution in [0, 0.1) is 0 Å². The number of imidazole rings is 1. The van der Waals surface area contributed by atoms with Crippen molar-refractivity contribution in [1.29, 1.82) is 0 Å². The molecular formula is C26H26Cl2N6O2. The lowest BCUT2D eigenvalue weighted by atomic mass is 9.89. The highest BCUT2D eigenvalue weighted by atomic mass is 35.5. The Bertz CT molecular complexity index is 1400. The summed E-state index contributed by atoms with van der Waals surface area (Å²) in [6.07, 6.45) is 7.28. The number of hydrogen-bond acceptors (Lipinski definition) is 4. The third-order valence-corrected chi connectivity index (χ3v) is 6.97. The van der Waals surface area contributed by atoms with E-state index in [9.17, 15) is 9.59 Å². The Labute approximate surface area is 218 Å². The predicted octanol–water partition coefficient (Wildman–Crippen LogP) is 5.06. The average Bonchev–Trinajstić information content (AvgIpc) is 3.46. The van der Waals surface area contributed by atoms with Crippen LogP contribution in [-0.4, -0.2) is 49.0 Å². The van der Waals surface area contributed by atoms with E-state index < -0.39 is 0 Å². The number of anilines is 1. The smallest absolute Gasteiger partial charge is 0.272 e. The summed E-state index contributed by atoms with van der Waals surface area (Å²) in [5, 5.41) is 7.97. The first kappa shape index (κ1) is 24.3. The molecule has 4 heterocycles. The van der Waals surface area contributed by atoms with E-state index >= 15 is 0 Å². The molecule has 4 aromatic rings. The molecule has 0 bridgehead atoms. The number of amides is 2. The average molecular weight is 525 g/mol. The molecule has 2 amide bonds. The largest absolute Gasteiger partial charge is 0.337 e. The number of fused-ring (bicyclic) bond motifs is 1. The number of hydrogen-bond donors (Lipinski definition) is 1.